The molecule has 13 nitrogen and oxygen atoms in total. The number of ether oxygens (including phenoxy) is 1. The molecule has 0 radical (unpaired) electrons. The molecule has 3 amide bonds. The first-order chi connectivity index (χ1) is 25.4. The third-order valence-corrected chi connectivity index (χ3v) is 9.93. The zero-order chi connectivity index (χ0) is 37.4. The molecule has 0 aliphatic carbocycles. The van der Waals surface area contributed by atoms with E-state index in [-0.39, 0.29) is 30.3 Å². The van der Waals surface area contributed by atoms with Gasteiger partial charge in [0.05, 0.1) is 46.3 Å². The van der Waals surface area contributed by atoms with Crippen LogP contribution in [0, 0.1) is 0 Å². The molecule has 5 aromatic rings. The fraction of sp³-hybridized carbons (Fsp3) is 0.400. The number of amides is 3. The fourth-order valence-corrected chi connectivity index (χ4v) is 7.47. The average Bonchev–Trinajstić information content (AvgIpc) is 3.94. The molecular formula is C40H46N8O5. The molecule has 0 saturated carbocycles. The Hall–Kier alpha value is -5.56. The molecule has 0 spiro atoms. The van der Waals surface area contributed by atoms with E-state index < -0.39 is 23.6 Å². The minimum Gasteiger partial charge on any atom is -0.444 e. The molecule has 3 N–H and O–H groups in total. The molecule has 3 atom stereocenters. The average molecular weight is 719 g/mol. The van der Waals surface area contributed by atoms with E-state index in [9.17, 15) is 19.2 Å². The number of nitrogens with zero attached hydrogens (tertiary/aromatic N) is 5. The topological polar surface area (TPSA) is 157 Å². The van der Waals surface area contributed by atoms with Crippen molar-refractivity contribution in [1.29, 1.82) is 0 Å². The summed E-state index contributed by atoms with van der Waals surface area (Å²) >= 11 is 0. The van der Waals surface area contributed by atoms with Crippen molar-refractivity contribution in [1.82, 2.24) is 40.0 Å². The largest absolute Gasteiger partial charge is 0.444 e. The van der Waals surface area contributed by atoms with Crippen LogP contribution in [0.1, 0.15) is 103 Å². The first-order valence-corrected chi connectivity index (χ1v) is 18.2. The molecule has 0 unspecified atom stereocenters. The van der Waals surface area contributed by atoms with Gasteiger partial charge in [-0.3, -0.25) is 24.2 Å². The lowest BCUT2D eigenvalue weighted by molar-refractivity contribution is -0.137. The molecule has 2 aromatic heterocycles. The molecule has 0 bridgehead atoms. The van der Waals surface area contributed by atoms with Gasteiger partial charge in [-0.1, -0.05) is 36.4 Å². The van der Waals surface area contributed by atoms with Crippen LogP contribution in [-0.4, -0.2) is 97.7 Å². The van der Waals surface area contributed by atoms with Crippen LogP contribution in [0.5, 0.6) is 0 Å². The number of imidazole rings is 2. The van der Waals surface area contributed by atoms with Gasteiger partial charge >= 0.3 is 6.09 Å². The molecule has 3 aromatic carbocycles. The van der Waals surface area contributed by atoms with Crippen molar-refractivity contribution >= 4 is 45.8 Å². The molecule has 2 aliphatic rings. The second kappa shape index (κ2) is 14.5. The normalized spacial score (nSPS) is 18.2. The zero-order valence-corrected chi connectivity index (χ0v) is 30.8. The Kier molecular flexibility index (Phi) is 9.77. The highest BCUT2D eigenvalue weighted by molar-refractivity contribution is 6.08. The van der Waals surface area contributed by atoms with Crippen molar-refractivity contribution in [2.24, 2.45) is 0 Å². The minimum absolute atomic E-state index is 0.0270. The number of hydrogen-bond acceptors (Lipinski definition) is 8. The van der Waals surface area contributed by atoms with Crippen LogP contribution in [0.2, 0.25) is 0 Å². The number of likely N-dealkylation sites (tertiary alicyclic amines) is 2. The summed E-state index contributed by atoms with van der Waals surface area (Å²) in [5.74, 6) is 0.622. The number of benzene rings is 3. The standard InChI is InChI=1S/C40H46N8O5/c1-40(2,3)53-39(52)48-21-11-17-31(48)36-43-28-15-9-14-26(33(28)45-36)37(50)41-23-32(49)25-18-19-27-29(22-25)44-35(42-27)30-16-10-20-47(30)38(51)34(46(4)5)24-12-7-6-8-13-24/h6-9,12-15,18-19,22,30-31,34H,10-11,16-17,20-21,23H2,1-5H3,(H,41,50)(H,42,44)(H,43,45)/t30-,31-,34+/m0/s1. The van der Waals surface area contributed by atoms with Crippen LogP contribution in [0.25, 0.3) is 22.1 Å². The summed E-state index contributed by atoms with van der Waals surface area (Å²) in [5.41, 5.74) is 3.61. The van der Waals surface area contributed by atoms with Crippen molar-refractivity contribution < 1.29 is 23.9 Å². The number of carbonyl (C=O) groups is 4. The summed E-state index contributed by atoms with van der Waals surface area (Å²) in [6.07, 6.45) is 2.79. The van der Waals surface area contributed by atoms with Gasteiger partial charge in [-0.15, -0.1) is 0 Å². The minimum atomic E-state index is -0.619. The highest BCUT2D eigenvalue weighted by atomic mass is 16.6. The van der Waals surface area contributed by atoms with Gasteiger partial charge in [0, 0.05) is 18.7 Å². The summed E-state index contributed by atoms with van der Waals surface area (Å²) in [6, 6.07) is 19.3. The van der Waals surface area contributed by atoms with Gasteiger partial charge < -0.3 is 24.9 Å². The van der Waals surface area contributed by atoms with Gasteiger partial charge in [-0.25, -0.2) is 14.8 Å². The maximum atomic E-state index is 13.9. The molecule has 2 fully saturated rings. The van der Waals surface area contributed by atoms with Crippen LogP contribution in [-0.2, 0) is 9.53 Å². The monoisotopic (exact) mass is 718 g/mol. The second-order valence-corrected chi connectivity index (χ2v) is 15.1. The van der Waals surface area contributed by atoms with Crippen LogP contribution >= 0.6 is 0 Å². The lowest BCUT2D eigenvalue weighted by Crippen LogP contribution is -2.40. The van der Waals surface area contributed by atoms with Gasteiger partial charge in [0.15, 0.2) is 5.78 Å². The fourth-order valence-electron chi connectivity index (χ4n) is 7.47. The van der Waals surface area contributed by atoms with E-state index in [2.05, 4.69) is 15.3 Å². The Morgan fingerprint density at radius 2 is 1.55 bits per heavy atom. The maximum Gasteiger partial charge on any atom is 0.410 e. The molecular weight excluding hydrogens is 672 g/mol. The molecule has 53 heavy (non-hydrogen) atoms. The number of H-pyrrole nitrogens is 2. The van der Waals surface area contributed by atoms with Crippen LogP contribution in [0.3, 0.4) is 0 Å². The van der Waals surface area contributed by atoms with E-state index in [0.29, 0.717) is 57.9 Å². The number of carbonyl (C=O) groups excluding carboxylic acids is 4. The Morgan fingerprint density at radius 1 is 0.868 bits per heavy atom. The number of para-hydroxylation sites is 1. The van der Waals surface area contributed by atoms with E-state index >= 15 is 0 Å². The van der Waals surface area contributed by atoms with Gasteiger partial charge in [-0.2, -0.15) is 0 Å². The number of Topliss-reactive ketones (excluding diaryl/α,β-unsaturated/α-hetero) is 1. The number of hydrogen-bond donors (Lipinski definition) is 3. The van der Waals surface area contributed by atoms with E-state index in [1.807, 2.05) is 81.1 Å². The maximum absolute atomic E-state index is 13.9. The van der Waals surface area contributed by atoms with Crippen molar-refractivity contribution in [3.8, 4) is 0 Å². The van der Waals surface area contributed by atoms with E-state index in [1.54, 1.807) is 35.2 Å². The van der Waals surface area contributed by atoms with Gasteiger partial charge in [0.1, 0.15) is 23.3 Å². The number of fused-ring (bicyclic) bond motifs is 2. The van der Waals surface area contributed by atoms with Crippen LogP contribution in [0.4, 0.5) is 4.79 Å². The van der Waals surface area contributed by atoms with Crippen LogP contribution in [0.15, 0.2) is 66.7 Å². The number of aromatic amines is 2. The van der Waals surface area contributed by atoms with Gasteiger partial charge in [-0.05, 0) is 96.4 Å². The lowest BCUT2D eigenvalue weighted by Gasteiger charge is -2.31. The number of likely N-dealkylation sites (N-methyl/N-ethyl adjacent to an activating group) is 1. The highest BCUT2D eigenvalue weighted by Gasteiger charge is 2.38. The summed E-state index contributed by atoms with van der Waals surface area (Å²) in [6.45, 7) is 6.49. The first kappa shape index (κ1) is 35.8. The molecule has 276 valence electrons. The Balaban J connectivity index is 1.03. The Morgan fingerprint density at radius 3 is 2.26 bits per heavy atom. The quantitative estimate of drug-likeness (QED) is 0.155. The number of nitrogens with one attached hydrogen (secondary N) is 3. The van der Waals surface area contributed by atoms with Gasteiger partial charge in [0.2, 0.25) is 5.91 Å². The van der Waals surface area contributed by atoms with Gasteiger partial charge in [0.25, 0.3) is 5.91 Å². The smallest absolute Gasteiger partial charge is 0.410 e. The number of aromatic nitrogens is 4. The summed E-state index contributed by atoms with van der Waals surface area (Å²) < 4.78 is 5.62. The predicted molar refractivity (Wildman–Crippen MR) is 200 cm³/mol. The van der Waals surface area contributed by atoms with E-state index in [0.717, 1.165) is 31.2 Å². The van der Waals surface area contributed by atoms with Crippen molar-refractivity contribution in [3.05, 3.63) is 95.1 Å². The summed E-state index contributed by atoms with van der Waals surface area (Å²) in [7, 11) is 3.83. The number of ketones is 1. The third-order valence-electron chi connectivity index (χ3n) is 9.93. The Labute approximate surface area is 308 Å². The van der Waals surface area contributed by atoms with Crippen molar-refractivity contribution in [2.75, 3.05) is 33.7 Å². The summed E-state index contributed by atoms with van der Waals surface area (Å²) in [5, 5.41) is 2.78. The third kappa shape index (κ3) is 7.39. The zero-order valence-electron chi connectivity index (χ0n) is 30.8. The van der Waals surface area contributed by atoms with E-state index in [4.69, 9.17) is 14.7 Å². The highest BCUT2D eigenvalue weighted by Crippen LogP contribution is 2.36. The molecule has 4 heterocycles. The summed E-state index contributed by atoms with van der Waals surface area (Å²) in [4.78, 5) is 75.4. The van der Waals surface area contributed by atoms with Crippen molar-refractivity contribution in [3.63, 3.8) is 0 Å². The Bertz CT molecular complexity index is 2170. The molecule has 2 saturated heterocycles. The molecule has 13 heteroatoms. The predicted octanol–water partition coefficient (Wildman–Crippen LogP) is 6.09. The first-order valence-electron chi connectivity index (χ1n) is 18.2. The number of rotatable bonds is 9. The molecule has 2 aliphatic heterocycles. The second-order valence-electron chi connectivity index (χ2n) is 15.1. The SMILES string of the molecule is CN(C)[C@@H](C(=O)N1CCC[C@H]1c1nc2ccc(C(=O)CNC(=O)c3cccc4nc([C@@H]5CCCN5C(=O)OC(C)(C)C)[nH]c34)cc2[nH]1)c1ccccc1. The van der Waals surface area contributed by atoms with E-state index in [1.165, 1.54) is 0 Å². The van der Waals surface area contributed by atoms with Crippen LogP contribution < -0.4 is 5.32 Å². The lowest BCUT2D eigenvalue weighted by atomic mass is 10.0. The van der Waals surface area contributed by atoms with Crippen molar-refractivity contribution in [2.45, 2.75) is 70.2 Å². The molecule has 7 rings (SSSR count).